The van der Waals surface area contributed by atoms with Gasteiger partial charge in [-0.2, -0.15) is 0 Å². The van der Waals surface area contributed by atoms with Gasteiger partial charge in [-0.3, -0.25) is 4.99 Å². The molecule has 0 radical (unpaired) electrons. The zero-order chi connectivity index (χ0) is 11.9. The number of hydrogen-bond donors (Lipinski definition) is 2. The van der Waals surface area contributed by atoms with Crippen molar-refractivity contribution in [2.24, 2.45) is 16.3 Å². The van der Waals surface area contributed by atoms with Crippen LogP contribution in [0.1, 0.15) is 33.1 Å². The lowest BCUT2D eigenvalue weighted by atomic mass is 9.81. The molecule has 2 aliphatic heterocycles. The summed E-state index contributed by atoms with van der Waals surface area (Å²) >= 11 is 0. The Morgan fingerprint density at radius 2 is 2.35 bits per heavy atom. The molecule has 0 aromatic heterocycles. The van der Waals surface area contributed by atoms with Crippen molar-refractivity contribution in [2.45, 2.75) is 45.3 Å². The van der Waals surface area contributed by atoms with Crippen molar-refractivity contribution in [3.05, 3.63) is 0 Å². The molecule has 0 bridgehead atoms. The van der Waals surface area contributed by atoms with Crippen molar-refractivity contribution >= 4 is 5.96 Å². The number of nitrogens with one attached hydrogen (secondary N) is 2. The average molecular weight is 237 g/mol. The minimum atomic E-state index is 0.289. The van der Waals surface area contributed by atoms with Crippen LogP contribution in [-0.2, 0) is 4.74 Å². The van der Waals surface area contributed by atoms with Gasteiger partial charge in [0.05, 0.1) is 12.6 Å². The van der Waals surface area contributed by atoms with E-state index < -0.39 is 0 Å². The first kappa shape index (κ1) is 11.3. The zero-order valence-electron chi connectivity index (χ0n) is 10.8. The normalized spacial score (nSPS) is 41.2. The Bertz CT molecular complexity index is 327. The van der Waals surface area contributed by atoms with E-state index in [0.29, 0.717) is 12.1 Å². The van der Waals surface area contributed by atoms with Crippen LogP contribution < -0.4 is 10.6 Å². The maximum atomic E-state index is 5.93. The Kier molecular flexibility index (Phi) is 2.77. The van der Waals surface area contributed by atoms with Gasteiger partial charge in [0.25, 0.3) is 0 Å². The van der Waals surface area contributed by atoms with E-state index in [4.69, 9.17) is 4.74 Å². The molecule has 1 saturated heterocycles. The minimum absolute atomic E-state index is 0.289. The largest absolute Gasteiger partial charge is 0.377 e. The van der Waals surface area contributed by atoms with Crippen LogP contribution in [0, 0.1) is 11.3 Å². The third-order valence-electron chi connectivity index (χ3n) is 4.27. The molecular formula is C13H23N3O. The summed E-state index contributed by atoms with van der Waals surface area (Å²) < 4.78 is 5.93. The van der Waals surface area contributed by atoms with E-state index in [9.17, 15) is 0 Å². The van der Waals surface area contributed by atoms with Crippen molar-refractivity contribution in [1.82, 2.24) is 10.6 Å². The molecule has 4 heteroatoms. The van der Waals surface area contributed by atoms with Crippen LogP contribution in [0.4, 0.5) is 0 Å². The molecule has 4 nitrogen and oxygen atoms in total. The van der Waals surface area contributed by atoms with Crippen molar-refractivity contribution < 1.29 is 4.74 Å². The van der Waals surface area contributed by atoms with Crippen LogP contribution in [0.15, 0.2) is 4.99 Å². The molecule has 0 aromatic rings. The van der Waals surface area contributed by atoms with Gasteiger partial charge in [-0.25, -0.2) is 0 Å². The fourth-order valence-corrected chi connectivity index (χ4v) is 3.00. The first-order chi connectivity index (χ1) is 8.17. The summed E-state index contributed by atoms with van der Waals surface area (Å²) in [5.74, 6) is 1.79. The van der Waals surface area contributed by atoms with Crippen LogP contribution in [0.2, 0.25) is 0 Å². The lowest BCUT2D eigenvalue weighted by Gasteiger charge is -2.30. The maximum Gasteiger partial charge on any atom is 0.191 e. The highest BCUT2D eigenvalue weighted by Crippen LogP contribution is 2.47. The molecule has 2 N–H and O–H groups in total. The summed E-state index contributed by atoms with van der Waals surface area (Å²) in [7, 11) is 0. The van der Waals surface area contributed by atoms with E-state index in [2.05, 4.69) is 29.5 Å². The molecule has 2 heterocycles. The molecule has 17 heavy (non-hydrogen) atoms. The molecule has 1 saturated carbocycles. The standard InChI is InChI=1S/C13H23N3O/c1-9-7-14-12(16-9)15-8-13(2)5-6-17-11(13)10-3-4-10/h9-11H,3-8H2,1-2H3,(H2,14,15,16). The summed E-state index contributed by atoms with van der Waals surface area (Å²) in [6.45, 7) is 7.31. The zero-order valence-corrected chi connectivity index (χ0v) is 10.8. The Balaban J connectivity index is 1.56. The molecule has 1 aliphatic carbocycles. The van der Waals surface area contributed by atoms with Crippen LogP contribution in [0.3, 0.4) is 0 Å². The molecule has 3 rings (SSSR count). The molecular weight excluding hydrogens is 214 g/mol. The molecule has 0 spiro atoms. The maximum absolute atomic E-state index is 5.93. The smallest absolute Gasteiger partial charge is 0.191 e. The van der Waals surface area contributed by atoms with Gasteiger partial charge in [0.15, 0.2) is 5.96 Å². The number of rotatable bonds is 3. The van der Waals surface area contributed by atoms with E-state index in [1.165, 1.54) is 19.3 Å². The lowest BCUT2D eigenvalue weighted by molar-refractivity contribution is 0.0405. The van der Waals surface area contributed by atoms with E-state index in [0.717, 1.165) is 31.6 Å². The molecule has 2 fully saturated rings. The predicted octanol–water partition coefficient (Wildman–Crippen LogP) is 1.13. The summed E-state index contributed by atoms with van der Waals surface area (Å²) in [6, 6.07) is 0.476. The molecule has 0 amide bonds. The SMILES string of the molecule is CC1CN=C(NCC2(C)CCOC2C2CC2)N1. The lowest BCUT2D eigenvalue weighted by Crippen LogP contribution is -2.45. The number of nitrogens with zero attached hydrogens (tertiary/aromatic N) is 1. The van der Waals surface area contributed by atoms with E-state index in [-0.39, 0.29) is 5.41 Å². The average Bonchev–Trinajstić information content (AvgIpc) is 2.94. The second kappa shape index (κ2) is 4.16. The highest BCUT2D eigenvalue weighted by molar-refractivity contribution is 5.81. The van der Waals surface area contributed by atoms with Gasteiger partial charge in [0.2, 0.25) is 0 Å². The molecule has 96 valence electrons. The fourth-order valence-electron chi connectivity index (χ4n) is 3.00. The molecule has 3 atom stereocenters. The Labute approximate surface area is 103 Å². The Morgan fingerprint density at radius 3 is 3.00 bits per heavy atom. The van der Waals surface area contributed by atoms with Gasteiger partial charge in [0.1, 0.15) is 0 Å². The first-order valence-corrected chi connectivity index (χ1v) is 6.84. The first-order valence-electron chi connectivity index (χ1n) is 6.84. The molecule has 0 aromatic carbocycles. The van der Waals surface area contributed by atoms with Crippen molar-refractivity contribution in [3.63, 3.8) is 0 Å². The Hall–Kier alpha value is -0.770. The summed E-state index contributed by atoms with van der Waals surface area (Å²) in [5.41, 5.74) is 0.289. The number of guanidine groups is 1. The van der Waals surface area contributed by atoms with Crippen molar-refractivity contribution in [2.75, 3.05) is 19.7 Å². The van der Waals surface area contributed by atoms with Crippen LogP contribution >= 0.6 is 0 Å². The van der Waals surface area contributed by atoms with Gasteiger partial charge >= 0.3 is 0 Å². The number of aliphatic imine (C=N–C) groups is 1. The predicted molar refractivity (Wildman–Crippen MR) is 68.1 cm³/mol. The van der Waals surface area contributed by atoms with E-state index in [1.807, 2.05) is 0 Å². The second-order valence-corrected chi connectivity index (χ2v) is 6.12. The van der Waals surface area contributed by atoms with Crippen molar-refractivity contribution in [1.29, 1.82) is 0 Å². The highest BCUT2D eigenvalue weighted by Gasteiger charge is 2.48. The van der Waals surface area contributed by atoms with Crippen molar-refractivity contribution in [3.8, 4) is 0 Å². The van der Waals surface area contributed by atoms with E-state index in [1.54, 1.807) is 0 Å². The topological polar surface area (TPSA) is 45.7 Å². The van der Waals surface area contributed by atoms with E-state index >= 15 is 0 Å². The van der Waals surface area contributed by atoms with Crippen LogP contribution in [0.5, 0.6) is 0 Å². The quantitative estimate of drug-likeness (QED) is 0.773. The summed E-state index contributed by atoms with van der Waals surface area (Å²) in [5, 5.41) is 6.82. The number of hydrogen-bond acceptors (Lipinski definition) is 4. The third kappa shape index (κ3) is 2.28. The highest BCUT2D eigenvalue weighted by atomic mass is 16.5. The monoisotopic (exact) mass is 237 g/mol. The summed E-state index contributed by atoms with van der Waals surface area (Å²) in [4.78, 5) is 4.45. The van der Waals surface area contributed by atoms with Gasteiger partial charge in [0, 0.05) is 24.6 Å². The van der Waals surface area contributed by atoms with Gasteiger partial charge in [-0.05, 0) is 32.1 Å². The fraction of sp³-hybridized carbons (Fsp3) is 0.923. The van der Waals surface area contributed by atoms with Gasteiger partial charge in [-0.15, -0.1) is 0 Å². The van der Waals surface area contributed by atoms with Gasteiger partial charge < -0.3 is 15.4 Å². The van der Waals surface area contributed by atoms with Crippen LogP contribution in [0.25, 0.3) is 0 Å². The number of ether oxygens (including phenoxy) is 1. The second-order valence-electron chi connectivity index (χ2n) is 6.12. The molecule has 3 unspecified atom stereocenters. The Morgan fingerprint density at radius 1 is 1.53 bits per heavy atom. The van der Waals surface area contributed by atoms with Crippen LogP contribution in [-0.4, -0.2) is 37.8 Å². The van der Waals surface area contributed by atoms with Gasteiger partial charge in [-0.1, -0.05) is 6.92 Å². The minimum Gasteiger partial charge on any atom is -0.377 e. The third-order valence-corrected chi connectivity index (χ3v) is 4.27. The molecule has 3 aliphatic rings. The summed E-state index contributed by atoms with van der Waals surface area (Å²) in [6.07, 6.45) is 4.35.